The van der Waals surface area contributed by atoms with E-state index in [1.165, 1.54) is 12.1 Å². The molecule has 39 heavy (non-hydrogen) atoms. The topological polar surface area (TPSA) is 117 Å². The zero-order chi connectivity index (χ0) is 27.5. The van der Waals surface area contributed by atoms with Crippen molar-refractivity contribution in [1.82, 2.24) is 5.32 Å². The molecule has 5 rings (SSSR count). The van der Waals surface area contributed by atoms with Crippen molar-refractivity contribution in [3.8, 4) is 5.75 Å². The first kappa shape index (κ1) is 26.3. The minimum Gasteiger partial charge on any atom is -0.495 e. The third-order valence-corrected chi connectivity index (χ3v) is 7.18. The summed E-state index contributed by atoms with van der Waals surface area (Å²) >= 11 is 5.88. The van der Waals surface area contributed by atoms with Gasteiger partial charge in [-0.1, -0.05) is 23.7 Å². The number of nitro benzene ring substituents is 1. The van der Waals surface area contributed by atoms with Gasteiger partial charge in [-0.05, 0) is 55.3 Å². The summed E-state index contributed by atoms with van der Waals surface area (Å²) in [7, 11) is 1.66. The Balaban J connectivity index is 1.36. The second-order valence-corrected chi connectivity index (χ2v) is 9.91. The van der Waals surface area contributed by atoms with Crippen molar-refractivity contribution in [3.05, 3.63) is 86.9 Å². The van der Waals surface area contributed by atoms with E-state index in [1.54, 1.807) is 19.2 Å². The van der Waals surface area contributed by atoms with Crippen LogP contribution in [0.5, 0.6) is 5.75 Å². The van der Waals surface area contributed by atoms with Crippen LogP contribution in [0.15, 0.2) is 60.7 Å². The van der Waals surface area contributed by atoms with Crippen molar-refractivity contribution in [3.63, 3.8) is 0 Å². The first-order valence-corrected chi connectivity index (χ1v) is 13.0. The van der Waals surface area contributed by atoms with Gasteiger partial charge in [0.25, 0.3) is 17.5 Å². The zero-order valence-electron chi connectivity index (χ0n) is 21.4. The summed E-state index contributed by atoms with van der Waals surface area (Å²) < 4.78 is 5.52. The molecule has 3 aromatic rings. The Hall–Kier alpha value is -4.31. The molecule has 0 radical (unpaired) electrons. The van der Waals surface area contributed by atoms with Gasteiger partial charge in [0.05, 0.1) is 23.3 Å². The minimum absolute atomic E-state index is 0.0502. The molecule has 1 aliphatic heterocycles. The lowest BCUT2D eigenvalue weighted by Gasteiger charge is -2.38. The average Bonchev–Trinajstić information content (AvgIpc) is 3.77. The number of hydrogen-bond donors (Lipinski definition) is 2. The molecule has 2 aliphatic rings. The number of nitrogens with zero attached hydrogens (tertiary/aromatic N) is 3. The summed E-state index contributed by atoms with van der Waals surface area (Å²) in [6.07, 6.45) is 1.90. The quantitative estimate of drug-likeness (QED) is 0.308. The fourth-order valence-electron chi connectivity index (χ4n) is 4.64. The van der Waals surface area contributed by atoms with Crippen LogP contribution in [0.4, 0.5) is 22.7 Å². The summed E-state index contributed by atoms with van der Waals surface area (Å²) in [5, 5.41) is 17.0. The van der Waals surface area contributed by atoms with Gasteiger partial charge < -0.3 is 25.2 Å². The van der Waals surface area contributed by atoms with E-state index in [1.807, 2.05) is 30.3 Å². The third-order valence-electron chi connectivity index (χ3n) is 6.86. The van der Waals surface area contributed by atoms with Gasteiger partial charge in [-0.2, -0.15) is 0 Å². The Morgan fingerprint density at radius 3 is 2.31 bits per heavy atom. The standard InChI is InChI=1S/C28H28ClN5O5/c1-39-26-5-3-2-4-24(26)33-14-12-32(13-15-33)23-11-9-20(17-21(23)28(36)30-19-7-8-19)31-27(35)18-6-10-22(29)25(16-18)34(37)38/h2-6,9-11,16-17,19H,7-8,12-15H2,1H3,(H,30,36)(H,31,35). The predicted molar refractivity (Wildman–Crippen MR) is 150 cm³/mol. The van der Waals surface area contributed by atoms with Crippen molar-refractivity contribution in [1.29, 1.82) is 0 Å². The molecule has 0 unspecified atom stereocenters. The molecule has 0 atom stereocenters. The molecule has 2 fully saturated rings. The normalized spacial score (nSPS) is 15.0. The van der Waals surface area contributed by atoms with Gasteiger partial charge in [0.1, 0.15) is 10.8 Å². The molecule has 202 valence electrons. The van der Waals surface area contributed by atoms with Crippen molar-refractivity contribution in [2.45, 2.75) is 18.9 Å². The van der Waals surface area contributed by atoms with Crippen LogP contribution < -0.4 is 25.2 Å². The second-order valence-electron chi connectivity index (χ2n) is 9.50. The number of methoxy groups -OCH3 is 1. The number of ether oxygens (including phenoxy) is 1. The lowest BCUT2D eigenvalue weighted by atomic mass is 10.1. The Bertz CT molecular complexity index is 1420. The molecule has 1 saturated carbocycles. The summed E-state index contributed by atoms with van der Waals surface area (Å²) in [4.78, 5) is 41.1. The molecule has 0 aromatic heterocycles. The highest BCUT2D eigenvalue weighted by atomic mass is 35.5. The molecular formula is C28H28ClN5O5. The van der Waals surface area contributed by atoms with Crippen LogP contribution in [-0.4, -0.2) is 56.1 Å². The second kappa shape index (κ2) is 11.2. The van der Waals surface area contributed by atoms with Crippen LogP contribution in [0.3, 0.4) is 0 Å². The average molecular weight is 550 g/mol. The fraction of sp³-hybridized carbons (Fsp3) is 0.286. The Morgan fingerprint density at radius 2 is 1.64 bits per heavy atom. The number of halogens is 1. The number of para-hydroxylation sites is 2. The van der Waals surface area contributed by atoms with E-state index in [4.69, 9.17) is 16.3 Å². The van der Waals surface area contributed by atoms with Crippen LogP contribution in [0.2, 0.25) is 5.02 Å². The Morgan fingerprint density at radius 1 is 0.949 bits per heavy atom. The number of benzene rings is 3. The summed E-state index contributed by atoms with van der Waals surface area (Å²) in [5.74, 6) is 0.0842. The van der Waals surface area contributed by atoms with E-state index >= 15 is 0 Å². The number of carbonyl (C=O) groups excluding carboxylic acids is 2. The number of nitrogens with one attached hydrogen (secondary N) is 2. The van der Waals surface area contributed by atoms with Gasteiger partial charge in [0, 0.05) is 55.2 Å². The van der Waals surface area contributed by atoms with Crippen molar-refractivity contribution >= 4 is 46.2 Å². The molecule has 0 spiro atoms. The number of carbonyl (C=O) groups is 2. The lowest BCUT2D eigenvalue weighted by Crippen LogP contribution is -2.47. The molecule has 3 aromatic carbocycles. The van der Waals surface area contributed by atoms with Crippen molar-refractivity contribution in [2.24, 2.45) is 0 Å². The highest BCUT2D eigenvalue weighted by Gasteiger charge is 2.28. The van der Waals surface area contributed by atoms with Gasteiger partial charge in [-0.3, -0.25) is 19.7 Å². The number of piperazine rings is 1. The van der Waals surface area contributed by atoms with Crippen LogP contribution in [0, 0.1) is 10.1 Å². The summed E-state index contributed by atoms with van der Waals surface area (Å²) in [6.45, 7) is 2.89. The van der Waals surface area contributed by atoms with Gasteiger partial charge in [-0.25, -0.2) is 0 Å². The summed E-state index contributed by atoms with van der Waals surface area (Å²) in [5.41, 5.74) is 2.44. The van der Waals surface area contributed by atoms with E-state index in [0.717, 1.165) is 49.1 Å². The first-order valence-electron chi connectivity index (χ1n) is 12.7. The maximum Gasteiger partial charge on any atom is 0.288 e. The Labute approximate surface area is 230 Å². The largest absolute Gasteiger partial charge is 0.495 e. The molecule has 1 aliphatic carbocycles. The van der Waals surface area contributed by atoms with Gasteiger partial charge in [0.2, 0.25) is 0 Å². The minimum atomic E-state index is -0.637. The number of rotatable bonds is 8. The zero-order valence-corrected chi connectivity index (χ0v) is 22.1. The molecule has 0 bridgehead atoms. The van der Waals surface area contributed by atoms with E-state index in [0.29, 0.717) is 24.3 Å². The van der Waals surface area contributed by atoms with Gasteiger partial charge >= 0.3 is 0 Å². The van der Waals surface area contributed by atoms with Crippen molar-refractivity contribution in [2.75, 3.05) is 48.4 Å². The van der Waals surface area contributed by atoms with Crippen LogP contribution in [0.1, 0.15) is 33.6 Å². The lowest BCUT2D eigenvalue weighted by molar-refractivity contribution is -0.384. The van der Waals surface area contributed by atoms with Crippen LogP contribution >= 0.6 is 11.6 Å². The molecule has 1 saturated heterocycles. The molecule has 1 heterocycles. The third kappa shape index (κ3) is 5.91. The van der Waals surface area contributed by atoms with Crippen LogP contribution in [0.25, 0.3) is 0 Å². The highest BCUT2D eigenvalue weighted by molar-refractivity contribution is 6.32. The number of amides is 2. The van der Waals surface area contributed by atoms with E-state index in [-0.39, 0.29) is 28.2 Å². The van der Waals surface area contributed by atoms with E-state index < -0.39 is 10.8 Å². The molecule has 2 N–H and O–H groups in total. The van der Waals surface area contributed by atoms with Crippen molar-refractivity contribution < 1.29 is 19.2 Å². The fourth-order valence-corrected chi connectivity index (χ4v) is 4.83. The van der Waals surface area contributed by atoms with E-state index in [9.17, 15) is 19.7 Å². The van der Waals surface area contributed by atoms with Gasteiger partial charge in [-0.15, -0.1) is 0 Å². The monoisotopic (exact) mass is 549 g/mol. The number of anilines is 3. The van der Waals surface area contributed by atoms with Crippen LogP contribution in [-0.2, 0) is 0 Å². The van der Waals surface area contributed by atoms with E-state index in [2.05, 4.69) is 20.4 Å². The molecule has 2 amide bonds. The molecule has 10 nitrogen and oxygen atoms in total. The number of nitro groups is 1. The van der Waals surface area contributed by atoms with Gasteiger partial charge in [0.15, 0.2) is 0 Å². The molecular weight excluding hydrogens is 522 g/mol. The summed E-state index contributed by atoms with van der Waals surface area (Å²) in [6, 6.07) is 17.2. The maximum atomic E-state index is 13.2. The Kier molecular flexibility index (Phi) is 7.56. The highest BCUT2D eigenvalue weighted by Crippen LogP contribution is 2.32. The maximum absolute atomic E-state index is 13.2. The SMILES string of the molecule is COc1ccccc1N1CCN(c2ccc(NC(=O)c3ccc(Cl)c([N+](=O)[O-])c3)cc2C(=O)NC2CC2)CC1. The molecule has 11 heteroatoms. The number of hydrogen-bond acceptors (Lipinski definition) is 7. The smallest absolute Gasteiger partial charge is 0.288 e. The predicted octanol–water partition coefficient (Wildman–Crippen LogP) is 4.73. The first-order chi connectivity index (χ1) is 18.8.